The number of hydrogen-bond acceptors (Lipinski definition) is 6. The van der Waals surface area contributed by atoms with Crippen molar-refractivity contribution in [2.75, 3.05) is 39.0 Å². The van der Waals surface area contributed by atoms with E-state index in [1.54, 1.807) is 18.1 Å². The van der Waals surface area contributed by atoms with Gasteiger partial charge in [0.05, 0.1) is 17.2 Å². The van der Waals surface area contributed by atoms with Crippen molar-refractivity contribution in [1.82, 2.24) is 9.21 Å². The lowest BCUT2D eigenvalue weighted by Crippen LogP contribution is -2.50. The van der Waals surface area contributed by atoms with Crippen molar-refractivity contribution in [3.63, 3.8) is 0 Å². The zero-order chi connectivity index (χ0) is 19.4. The van der Waals surface area contributed by atoms with Gasteiger partial charge in [-0.1, -0.05) is 23.7 Å². The highest BCUT2D eigenvalue weighted by Crippen LogP contribution is 2.30. The molecular formula is C17H19ClN2O4S3. The van der Waals surface area contributed by atoms with E-state index in [1.807, 2.05) is 24.3 Å². The van der Waals surface area contributed by atoms with E-state index >= 15 is 0 Å². The van der Waals surface area contributed by atoms with E-state index in [4.69, 9.17) is 16.3 Å². The average Bonchev–Trinajstić information content (AvgIpc) is 3.13. The first-order valence-corrected chi connectivity index (χ1v) is 11.8. The second-order valence-corrected chi connectivity index (χ2v) is 10.7. The Bertz CT molecular complexity index is 908. The number of thioether (sulfide) groups is 1. The van der Waals surface area contributed by atoms with Crippen LogP contribution < -0.4 is 4.74 Å². The van der Waals surface area contributed by atoms with Gasteiger partial charge in [0.1, 0.15) is 9.96 Å². The van der Waals surface area contributed by atoms with Gasteiger partial charge in [-0.3, -0.25) is 4.79 Å². The maximum Gasteiger partial charge on any atom is 0.252 e. The first-order chi connectivity index (χ1) is 12.9. The molecule has 1 aromatic heterocycles. The number of para-hydroxylation sites is 1. The number of amides is 1. The van der Waals surface area contributed by atoms with Gasteiger partial charge in [-0.05, 0) is 24.3 Å². The smallest absolute Gasteiger partial charge is 0.252 e. The van der Waals surface area contributed by atoms with Gasteiger partial charge in [-0.25, -0.2) is 8.42 Å². The molecule has 2 aromatic rings. The summed E-state index contributed by atoms with van der Waals surface area (Å²) in [5, 5.41) is 0. The van der Waals surface area contributed by atoms with Crippen LogP contribution in [0.15, 0.2) is 45.5 Å². The van der Waals surface area contributed by atoms with E-state index in [-0.39, 0.29) is 29.0 Å². The number of nitrogens with zero attached hydrogens (tertiary/aromatic N) is 2. The molecule has 3 rings (SSSR count). The Balaban J connectivity index is 1.55. The Hall–Kier alpha value is -1.26. The molecule has 0 radical (unpaired) electrons. The number of thiophene rings is 1. The van der Waals surface area contributed by atoms with Crippen LogP contribution >= 0.6 is 34.7 Å². The van der Waals surface area contributed by atoms with Crippen molar-refractivity contribution in [1.29, 1.82) is 0 Å². The minimum atomic E-state index is -3.55. The highest BCUT2D eigenvalue weighted by Gasteiger charge is 2.31. The summed E-state index contributed by atoms with van der Waals surface area (Å²) < 4.78 is 32.6. The predicted octanol–water partition coefficient (Wildman–Crippen LogP) is 3.04. The van der Waals surface area contributed by atoms with Crippen LogP contribution in [-0.2, 0) is 14.8 Å². The van der Waals surface area contributed by atoms with Crippen molar-refractivity contribution in [2.45, 2.75) is 9.10 Å². The Morgan fingerprint density at radius 3 is 2.52 bits per heavy atom. The molecule has 1 aromatic carbocycles. The van der Waals surface area contributed by atoms with Gasteiger partial charge in [0.25, 0.3) is 10.0 Å². The molecule has 0 N–H and O–H groups in total. The normalized spacial score (nSPS) is 15.7. The van der Waals surface area contributed by atoms with Crippen LogP contribution in [0.25, 0.3) is 0 Å². The molecule has 1 amide bonds. The van der Waals surface area contributed by atoms with Crippen molar-refractivity contribution in [2.24, 2.45) is 0 Å². The molecule has 10 heteroatoms. The van der Waals surface area contributed by atoms with Crippen LogP contribution in [0.2, 0.25) is 4.34 Å². The van der Waals surface area contributed by atoms with Crippen LogP contribution in [0.4, 0.5) is 0 Å². The molecule has 0 atom stereocenters. The van der Waals surface area contributed by atoms with E-state index in [9.17, 15) is 13.2 Å². The van der Waals surface area contributed by atoms with E-state index in [0.717, 1.165) is 22.0 Å². The van der Waals surface area contributed by atoms with E-state index in [1.165, 1.54) is 22.1 Å². The molecule has 146 valence electrons. The minimum Gasteiger partial charge on any atom is -0.496 e. The lowest BCUT2D eigenvalue weighted by atomic mass is 10.3. The van der Waals surface area contributed by atoms with Gasteiger partial charge in [0, 0.05) is 31.1 Å². The lowest BCUT2D eigenvalue weighted by molar-refractivity contribution is -0.129. The summed E-state index contributed by atoms with van der Waals surface area (Å²) in [6.45, 7) is 1.32. The molecule has 1 aliphatic rings. The fourth-order valence-electron chi connectivity index (χ4n) is 2.71. The maximum atomic E-state index is 12.6. The number of piperazine rings is 1. The molecule has 1 saturated heterocycles. The molecule has 0 saturated carbocycles. The maximum absolute atomic E-state index is 12.6. The third kappa shape index (κ3) is 4.78. The molecule has 1 aliphatic heterocycles. The second-order valence-electron chi connectivity index (χ2n) is 5.78. The van der Waals surface area contributed by atoms with Crippen molar-refractivity contribution in [3.05, 3.63) is 40.7 Å². The first kappa shape index (κ1) is 20.5. The predicted molar refractivity (Wildman–Crippen MR) is 108 cm³/mol. The van der Waals surface area contributed by atoms with Crippen LogP contribution in [0.5, 0.6) is 5.75 Å². The number of ether oxygens (including phenoxy) is 1. The Kier molecular flexibility index (Phi) is 6.69. The van der Waals surface area contributed by atoms with Gasteiger partial charge in [0.15, 0.2) is 0 Å². The van der Waals surface area contributed by atoms with Gasteiger partial charge >= 0.3 is 0 Å². The third-order valence-electron chi connectivity index (χ3n) is 4.15. The van der Waals surface area contributed by atoms with Crippen molar-refractivity contribution >= 4 is 50.6 Å². The highest BCUT2D eigenvalue weighted by molar-refractivity contribution is 8.00. The van der Waals surface area contributed by atoms with Crippen LogP contribution in [-0.4, -0.2) is 62.6 Å². The number of carbonyl (C=O) groups excluding carboxylic acids is 1. The molecule has 0 aliphatic carbocycles. The minimum absolute atomic E-state index is 0.0119. The lowest BCUT2D eigenvalue weighted by Gasteiger charge is -2.33. The molecule has 0 unspecified atom stereocenters. The van der Waals surface area contributed by atoms with Gasteiger partial charge in [-0.2, -0.15) is 4.31 Å². The summed E-state index contributed by atoms with van der Waals surface area (Å²) in [5.41, 5.74) is 0. The quantitative estimate of drug-likeness (QED) is 0.638. The van der Waals surface area contributed by atoms with Gasteiger partial charge < -0.3 is 9.64 Å². The highest BCUT2D eigenvalue weighted by atomic mass is 35.5. The van der Waals surface area contributed by atoms with Gasteiger partial charge in [-0.15, -0.1) is 23.1 Å². The summed E-state index contributed by atoms with van der Waals surface area (Å²) in [5.74, 6) is 1.01. The monoisotopic (exact) mass is 446 g/mol. The van der Waals surface area contributed by atoms with Crippen molar-refractivity contribution < 1.29 is 17.9 Å². The zero-order valence-corrected chi connectivity index (χ0v) is 17.8. The van der Waals surface area contributed by atoms with Crippen LogP contribution in [0, 0.1) is 0 Å². The van der Waals surface area contributed by atoms with E-state index in [2.05, 4.69) is 0 Å². The number of benzene rings is 1. The number of rotatable bonds is 6. The first-order valence-electron chi connectivity index (χ1n) is 8.21. The molecule has 0 bridgehead atoms. The SMILES string of the molecule is COc1ccccc1SCC(=O)N1CCN(S(=O)(=O)c2ccc(Cl)s2)CC1. The number of hydrogen-bond donors (Lipinski definition) is 0. The molecule has 6 nitrogen and oxygen atoms in total. The number of sulfonamides is 1. The summed E-state index contributed by atoms with van der Waals surface area (Å²) in [7, 11) is -1.95. The van der Waals surface area contributed by atoms with Crippen LogP contribution in [0.3, 0.4) is 0 Å². The Labute approximate surface area is 172 Å². The summed E-state index contributed by atoms with van der Waals surface area (Å²) >= 11 is 8.31. The number of methoxy groups -OCH3 is 1. The standard InChI is InChI=1S/C17H19ClN2O4S3/c1-24-13-4-2-3-5-14(13)25-12-16(21)19-8-10-20(11-9-19)27(22,23)17-7-6-15(18)26-17/h2-7H,8-12H2,1H3. The molecule has 0 spiro atoms. The average molecular weight is 447 g/mol. The molecule has 27 heavy (non-hydrogen) atoms. The summed E-state index contributed by atoms with van der Waals surface area (Å²) in [6.07, 6.45) is 0. The summed E-state index contributed by atoms with van der Waals surface area (Å²) in [4.78, 5) is 15.1. The van der Waals surface area contributed by atoms with E-state index < -0.39 is 10.0 Å². The molecule has 1 fully saturated rings. The van der Waals surface area contributed by atoms with Gasteiger partial charge in [0.2, 0.25) is 5.91 Å². The van der Waals surface area contributed by atoms with Crippen molar-refractivity contribution in [3.8, 4) is 5.75 Å². The third-order valence-corrected chi connectivity index (χ3v) is 8.79. The Morgan fingerprint density at radius 1 is 1.19 bits per heavy atom. The second kappa shape index (κ2) is 8.83. The topological polar surface area (TPSA) is 66.9 Å². The Morgan fingerprint density at radius 2 is 1.89 bits per heavy atom. The fraction of sp³-hybridized carbons (Fsp3) is 0.353. The number of carbonyl (C=O) groups is 1. The molecule has 2 heterocycles. The fourth-order valence-corrected chi connectivity index (χ4v) is 6.70. The largest absolute Gasteiger partial charge is 0.496 e. The number of halogens is 1. The molecular weight excluding hydrogens is 428 g/mol. The summed E-state index contributed by atoms with van der Waals surface area (Å²) in [6, 6.07) is 10.6. The zero-order valence-electron chi connectivity index (χ0n) is 14.6. The van der Waals surface area contributed by atoms with Crippen LogP contribution in [0.1, 0.15) is 0 Å². The van der Waals surface area contributed by atoms with E-state index in [0.29, 0.717) is 17.4 Å².